The molecule has 36 heavy (non-hydrogen) atoms. The van der Waals surface area contributed by atoms with Gasteiger partial charge in [0.1, 0.15) is 5.82 Å². The largest absolute Gasteiger partial charge is 0.490 e. The molecule has 2 heterocycles. The SMILES string of the molecule is CCOc1cc2c(cc1OCC)[C@@H]1[C@H](C(=O)Nc3ccc(C)c(F)c3)c3ccccc3C(=O)N1CC2. The quantitative estimate of drug-likeness (QED) is 0.504. The monoisotopic (exact) mass is 488 g/mol. The molecule has 3 aromatic carbocycles. The number of nitrogens with one attached hydrogen (secondary N) is 1. The predicted molar refractivity (Wildman–Crippen MR) is 135 cm³/mol. The van der Waals surface area contributed by atoms with Gasteiger partial charge in [0.05, 0.1) is 25.2 Å². The van der Waals surface area contributed by atoms with Crippen LogP contribution in [0.1, 0.15) is 58.4 Å². The summed E-state index contributed by atoms with van der Waals surface area (Å²) in [4.78, 5) is 29.2. The minimum Gasteiger partial charge on any atom is -0.490 e. The van der Waals surface area contributed by atoms with Gasteiger partial charge >= 0.3 is 0 Å². The van der Waals surface area contributed by atoms with E-state index in [1.165, 1.54) is 6.07 Å². The Hall–Kier alpha value is -3.87. The van der Waals surface area contributed by atoms with Gasteiger partial charge in [-0.25, -0.2) is 4.39 Å². The second-order valence-electron chi connectivity index (χ2n) is 9.08. The van der Waals surface area contributed by atoms with E-state index in [2.05, 4.69) is 5.32 Å². The number of hydrogen-bond donors (Lipinski definition) is 1. The van der Waals surface area contributed by atoms with Crippen molar-refractivity contribution in [3.8, 4) is 11.5 Å². The number of halogens is 1. The molecular formula is C29H29FN2O4. The molecule has 0 fully saturated rings. The normalized spacial score (nSPS) is 18.1. The van der Waals surface area contributed by atoms with E-state index in [4.69, 9.17) is 9.47 Å². The van der Waals surface area contributed by atoms with Crippen molar-refractivity contribution in [2.75, 3.05) is 25.1 Å². The Bertz CT molecular complexity index is 1340. The van der Waals surface area contributed by atoms with Gasteiger partial charge in [-0.05, 0) is 79.8 Å². The summed E-state index contributed by atoms with van der Waals surface area (Å²) in [6, 6.07) is 15.2. The van der Waals surface area contributed by atoms with E-state index >= 15 is 0 Å². The van der Waals surface area contributed by atoms with Crippen LogP contribution in [0.4, 0.5) is 10.1 Å². The lowest BCUT2D eigenvalue weighted by atomic mass is 9.75. The molecule has 0 aliphatic carbocycles. The molecule has 2 aliphatic rings. The van der Waals surface area contributed by atoms with E-state index in [-0.39, 0.29) is 17.6 Å². The number of aryl methyl sites for hydroxylation is 1. The first-order valence-corrected chi connectivity index (χ1v) is 12.3. The zero-order valence-corrected chi connectivity index (χ0v) is 20.6. The van der Waals surface area contributed by atoms with Crippen molar-refractivity contribution in [3.05, 3.63) is 88.2 Å². The highest BCUT2D eigenvalue weighted by atomic mass is 19.1. The molecule has 1 N–H and O–H groups in total. The fourth-order valence-electron chi connectivity index (χ4n) is 5.24. The molecule has 0 radical (unpaired) electrons. The summed E-state index contributed by atoms with van der Waals surface area (Å²) in [6.45, 7) is 6.93. The third-order valence-corrected chi connectivity index (χ3v) is 6.91. The van der Waals surface area contributed by atoms with Crippen LogP contribution in [-0.4, -0.2) is 36.5 Å². The summed E-state index contributed by atoms with van der Waals surface area (Å²) in [6.07, 6.45) is 0.643. The Morgan fingerprint density at radius 2 is 1.75 bits per heavy atom. The number of anilines is 1. The van der Waals surface area contributed by atoms with Crippen LogP contribution in [0.3, 0.4) is 0 Å². The fraction of sp³-hybridized carbons (Fsp3) is 0.310. The Morgan fingerprint density at radius 3 is 2.47 bits per heavy atom. The zero-order valence-electron chi connectivity index (χ0n) is 20.6. The number of carbonyl (C=O) groups excluding carboxylic acids is 2. The van der Waals surface area contributed by atoms with Gasteiger partial charge in [0, 0.05) is 17.8 Å². The standard InChI is InChI=1S/C29H29FN2O4/c1-4-35-24-14-18-12-13-32-27(22(18)16-25(24)36-5-2)26(20-8-6-7-9-21(20)29(32)34)28(33)31-19-11-10-17(3)23(30)15-19/h6-11,14-16,26-27H,4-5,12-13H2,1-3H3,(H,31,33)/t26-,27-/m1/s1. The van der Waals surface area contributed by atoms with E-state index < -0.39 is 12.0 Å². The van der Waals surface area contributed by atoms with Crippen LogP contribution in [0.15, 0.2) is 54.6 Å². The number of ether oxygens (including phenoxy) is 2. The highest BCUT2D eigenvalue weighted by Gasteiger charge is 2.46. The van der Waals surface area contributed by atoms with Gasteiger partial charge in [-0.15, -0.1) is 0 Å². The van der Waals surface area contributed by atoms with Crippen LogP contribution in [0, 0.1) is 12.7 Å². The maximum absolute atomic E-state index is 14.2. The maximum Gasteiger partial charge on any atom is 0.254 e. The third-order valence-electron chi connectivity index (χ3n) is 6.91. The predicted octanol–water partition coefficient (Wildman–Crippen LogP) is 5.41. The summed E-state index contributed by atoms with van der Waals surface area (Å²) in [7, 11) is 0. The Labute approximate surface area is 210 Å². The first kappa shape index (κ1) is 23.9. The van der Waals surface area contributed by atoms with Crippen LogP contribution < -0.4 is 14.8 Å². The number of rotatable bonds is 6. The van der Waals surface area contributed by atoms with Crippen molar-refractivity contribution in [2.24, 2.45) is 0 Å². The maximum atomic E-state index is 14.2. The second-order valence-corrected chi connectivity index (χ2v) is 9.08. The van der Waals surface area contributed by atoms with E-state index in [0.29, 0.717) is 60.1 Å². The number of hydrogen-bond acceptors (Lipinski definition) is 4. The van der Waals surface area contributed by atoms with Gasteiger partial charge in [0.15, 0.2) is 11.5 Å². The zero-order chi connectivity index (χ0) is 25.4. The molecule has 0 unspecified atom stereocenters. The first-order chi connectivity index (χ1) is 17.4. The van der Waals surface area contributed by atoms with Gasteiger partial charge in [-0.1, -0.05) is 24.3 Å². The average molecular weight is 489 g/mol. The topological polar surface area (TPSA) is 67.9 Å². The molecule has 2 aliphatic heterocycles. The molecule has 0 bridgehead atoms. The van der Waals surface area contributed by atoms with E-state index in [0.717, 1.165) is 11.1 Å². The lowest BCUT2D eigenvalue weighted by Crippen LogP contribution is -2.49. The molecule has 3 aromatic rings. The van der Waals surface area contributed by atoms with Crippen LogP contribution >= 0.6 is 0 Å². The smallest absolute Gasteiger partial charge is 0.254 e. The van der Waals surface area contributed by atoms with E-state index in [1.54, 1.807) is 36.1 Å². The van der Waals surface area contributed by atoms with E-state index in [9.17, 15) is 14.0 Å². The van der Waals surface area contributed by atoms with Gasteiger partial charge < -0.3 is 19.7 Å². The van der Waals surface area contributed by atoms with Gasteiger partial charge in [-0.3, -0.25) is 9.59 Å². The van der Waals surface area contributed by atoms with Gasteiger partial charge in [0.25, 0.3) is 5.91 Å². The molecular weight excluding hydrogens is 459 g/mol. The van der Waals surface area contributed by atoms with Crippen LogP contribution in [-0.2, 0) is 11.2 Å². The lowest BCUT2D eigenvalue weighted by Gasteiger charge is -2.45. The molecule has 0 saturated heterocycles. The molecule has 186 valence electrons. The van der Waals surface area contributed by atoms with Gasteiger partial charge in [-0.2, -0.15) is 0 Å². The van der Waals surface area contributed by atoms with Crippen molar-refractivity contribution in [2.45, 2.75) is 39.2 Å². The number of carbonyl (C=O) groups is 2. The Balaban J connectivity index is 1.63. The van der Waals surface area contributed by atoms with Crippen molar-refractivity contribution < 1.29 is 23.5 Å². The molecule has 0 saturated carbocycles. The molecule has 5 rings (SSSR count). The fourth-order valence-corrected chi connectivity index (χ4v) is 5.24. The Morgan fingerprint density at radius 1 is 1.03 bits per heavy atom. The summed E-state index contributed by atoms with van der Waals surface area (Å²) in [5.74, 6) is -0.223. The Kier molecular flexibility index (Phi) is 6.39. The molecule has 0 aromatic heterocycles. The minimum atomic E-state index is -0.685. The van der Waals surface area contributed by atoms with Crippen molar-refractivity contribution in [1.82, 2.24) is 4.90 Å². The molecule has 2 atom stereocenters. The van der Waals surface area contributed by atoms with Crippen molar-refractivity contribution in [1.29, 1.82) is 0 Å². The highest BCUT2D eigenvalue weighted by Crippen LogP contribution is 2.48. The average Bonchev–Trinajstić information content (AvgIpc) is 2.87. The van der Waals surface area contributed by atoms with E-state index in [1.807, 2.05) is 38.1 Å². The summed E-state index contributed by atoms with van der Waals surface area (Å²) < 4.78 is 25.9. The molecule has 7 heteroatoms. The number of fused-ring (bicyclic) bond motifs is 4. The minimum absolute atomic E-state index is 0.0986. The number of nitrogens with zero attached hydrogens (tertiary/aromatic N) is 1. The number of amides is 2. The first-order valence-electron chi connectivity index (χ1n) is 12.3. The third kappa shape index (κ3) is 4.08. The van der Waals surface area contributed by atoms with Crippen LogP contribution in [0.2, 0.25) is 0 Å². The van der Waals surface area contributed by atoms with Crippen molar-refractivity contribution >= 4 is 17.5 Å². The van der Waals surface area contributed by atoms with Gasteiger partial charge in [0.2, 0.25) is 5.91 Å². The molecule has 2 amide bonds. The molecule has 0 spiro atoms. The second kappa shape index (κ2) is 9.64. The van der Waals surface area contributed by atoms with Crippen molar-refractivity contribution in [3.63, 3.8) is 0 Å². The summed E-state index contributed by atoms with van der Waals surface area (Å²) in [5.41, 5.74) is 3.95. The van der Waals surface area contributed by atoms with Crippen LogP contribution in [0.25, 0.3) is 0 Å². The molecule has 6 nitrogen and oxygen atoms in total. The highest BCUT2D eigenvalue weighted by molar-refractivity contribution is 6.04. The lowest BCUT2D eigenvalue weighted by molar-refractivity contribution is -0.119. The number of benzene rings is 3. The summed E-state index contributed by atoms with van der Waals surface area (Å²) in [5, 5.41) is 2.90. The summed E-state index contributed by atoms with van der Waals surface area (Å²) >= 11 is 0. The van der Waals surface area contributed by atoms with Crippen LogP contribution in [0.5, 0.6) is 11.5 Å².